The van der Waals surface area contributed by atoms with Gasteiger partial charge in [0.15, 0.2) is 0 Å². The molecule has 1 aliphatic heterocycles. The number of nitrogens with zero attached hydrogens (tertiary/aromatic N) is 1. The second-order valence-corrected chi connectivity index (χ2v) is 12.1. The van der Waals surface area contributed by atoms with Crippen LogP contribution < -0.4 is 14.4 Å². The number of sulfonamides is 1. The predicted molar refractivity (Wildman–Crippen MR) is 110 cm³/mol. The van der Waals surface area contributed by atoms with Crippen LogP contribution in [0.25, 0.3) is 0 Å². The van der Waals surface area contributed by atoms with E-state index in [0.29, 0.717) is 35.7 Å². The number of fused-ring (bicyclic) bond motifs is 1. The van der Waals surface area contributed by atoms with Crippen LogP contribution in [0.3, 0.4) is 0 Å². The summed E-state index contributed by atoms with van der Waals surface area (Å²) in [5.41, 5.74) is -0.274. The van der Waals surface area contributed by atoms with E-state index in [4.69, 9.17) is 4.74 Å². The highest BCUT2D eigenvalue weighted by Gasteiger charge is 2.52. The van der Waals surface area contributed by atoms with Gasteiger partial charge in [-0.3, -0.25) is 4.79 Å². The Labute approximate surface area is 173 Å². The summed E-state index contributed by atoms with van der Waals surface area (Å²) in [6.45, 7) is 5.73. The lowest BCUT2D eigenvalue weighted by Crippen LogP contribution is -2.59. The Balaban J connectivity index is 1.47. The van der Waals surface area contributed by atoms with Crippen LogP contribution in [-0.2, 0) is 14.8 Å². The Morgan fingerprint density at radius 2 is 1.69 bits per heavy atom. The average Bonchev–Trinajstić information content (AvgIpc) is 2.57. The Kier molecular flexibility index (Phi) is 4.14. The molecule has 1 aromatic rings. The number of hydrogen-bond acceptors (Lipinski definition) is 4. The molecule has 29 heavy (non-hydrogen) atoms. The van der Waals surface area contributed by atoms with Crippen LogP contribution in [0.2, 0.25) is 0 Å². The molecule has 0 atom stereocenters. The van der Waals surface area contributed by atoms with Gasteiger partial charge in [0.25, 0.3) is 0 Å². The number of nitrogens with one attached hydrogen (secondary N) is 1. The molecule has 0 unspecified atom stereocenters. The maximum atomic E-state index is 13.4. The first-order chi connectivity index (χ1) is 13.5. The topological polar surface area (TPSA) is 75.7 Å². The van der Waals surface area contributed by atoms with Crippen LogP contribution in [0.15, 0.2) is 23.1 Å². The third kappa shape index (κ3) is 3.36. The molecule has 4 aliphatic carbocycles. The van der Waals surface area contributed by atoms with Crippen LogP contribution in [0.5, 0.6) is 5.75 Å². The molecule has 5 aliphatic rings. The first-order valence-corrected chi connectivity index (χ1v) is 12.2. The molecule has 0 radical (unpaired) electrons. The molecule has 1 heterocycles. The maximum Gasteiger partial charge on any atom is 0.241 e. The molecule has 1 amide bonds. The number of hydrogen-bond donors (Lipinski definition) is 1. The first-order valence-electron chi connectivity index (χ1n) is 10.7. The van der Waals surface area contributed by atoms with Crippen molar-refractivity contribution in [1.29, 1.82) is 0 Å². The molecule has 7 heteroatoms. The van der Waals surface area contributed by atoms with Gasteiger partial charge in [-0.1, -0.05) is 0 Å². The molecule has 6 rings (SSSR count). The summed E-state index contributed by atoms with van der Waals surface area (Å²) in [6.07, 6.45) is 6.67. The van der Waals surface area contributed by atoms with Crippen LogP contribution in [0.1, 0.15) is 59.3 Å². The van der Waals surface area contributed by atoms with E-state index in [2.05, 4.69) is 4.72 Å². The highest BCUT2D eigenvalue weighted by Crippen LogP contribution is 2.56. The fourth-order valence-corrected chi connectivity index (χ4v) is 8.07. The Morgan fingerprint density at radius 1 is 1.10 bits per heavy atom. The number of carbonyl (C=O) groups is 1. The highest BCUT2D eigenvalue weighted by molar-refractivity contribution is 7.89. The fraction of sp³-hybridized carbons (Fsp3) is 0.682. The molecule has 4 fully saturated rings. The number of rotatable bonds is 3. The van der Waals surface area contributed by atoms with Crippen molar-refractivity contribution in [2.24, 2.45) is 17.8 Å². The van der Waals surface area contributed by atoms with Crippen molar-refractivity contribution in [3.63, 3.8) is 0 Å². The van der Waals surface area contributed by atoms with Crippen molar-refractivity contribution < 1.29 is 17.9 Å². The quantitative estimate of drug-likeness (QED) is 0.816. The summed E-state index contributed by atoms with van der Waals surface area (Å²) in [5, 5.41) is 0. The molecule has 1 N–H and O–H groups in total. The van der Waals surface area contributed by atoms with Crippen LogP contribution in [-0.4, -0.2) is 32.0 Å². The number of anilines is 1. The van der Waals surface area contributed by atoms with Gasteiger partial charge >= 0.3 is 0 Å². The Bertz CT molecular complexity index is 934. The van der Waals surface area contributed by atoms with Crippen molar-refractivity contribution in [1.82, 2.24) is 4.72 Å². The third-order valence-electron chi connectivity index (χ3n) is 7.23. The maximum absolute atomic E-state index is 13.4. The molecule has 1 aromatic carbocycles. The van der Waals surface area contributed by atoms with Crippen LogP contribution >= 0.6 is 0 Å². The summed E-state index contributed by atoms with van der Waals surface area (Å²) >= 11 is 0. The molecule has 0 saturated heterocycles. The lowest BCUT2D eigenvalue weighted by Gasteiger charge is -2.56. The molecule has 4 saturated carbocycles. The minimum Gasteiger partial charge on any atom is -0.484 e. The third-order valence-corrected chi connectivity index (χ3v) is 8.80. The van der Waals surface area contributed by atoms with E-state index in [-0.39, 0.29) is 16.3 Å². The highest BCUT2D eigenvalue weighted by atomic mass is 32.2. The van der Waals surface area contributed by atoms with E-state index >= 15 is 0 Å². The average molecular weight is 419 g/mol. The summed E-state index contributed by atoms with van der Waals surface area (Å²) in [7, 11) is -3.68. The van der Waals surface area contributed by atoms with Gasteiger partial charge < -0.3 is 9.64 Å². The van der Waals surface area contributed by atoms with E-state index in [1.807, 2.05) is 13.8 Å². The molecule has 6 nitrogen and oxygen atoms in total. The van der Waals surface area contributed by atoms with Crippen LogP contribution in [0.4, 0.5) is 5.69 Å². The van der Waals surface area contributed by atoms with E-state index in [1.54, 1.807) is 23.1 Å². The largest absolute Gasteiger partial charge is 0.484 e. The van der Waals surface area contributed by atoms with E-state index in [0.717, 1.165) is 19.3 Å². The molecule has 158 valence electrons. The second-order valence-electron chi connectivity index (χ2n) is 10.4. The molecule has 0 aromatic heterocycles. The van der Waals surface area contributed by atoms with Gasteiger partial charge in [-0.25, -0.2) is 13.1 Å². The zero-order valence-corrected chi connectivity index (χ0v) is 18.2. The Morgan fingerprint density at radius 3 is 2.24 bits per heavy atom. The minimum absolute atomic E-state index is 0.119. The van der Waals surface area contributed by atoms with E-state index in [9.17, 15) is 13.2 Å². The van der Waals surface area contributed by atoms with Gasteiger partial charge in [-0.2, -0.15) is 0 Å². The lowest BCUT2D eigenvalue weighted by molar-refractivity contribution is -0.117. The van der Waals surface area contributed by atoms with Crippen molar-refractivity contribution in [2.45, 2.75) is 75.3 Å². The molecule has 4 bridgehead atoms. The molecular weight excluding hydrogens is 388 g/mol. The number of carbonyl (C=O) groups excluding carboxylic acids is 1. The molecule has 0 spiro atoms. The van der Waals surface area contributed by atoms with Crippen molar-refractivity contribution in [3.05, 3.63) is 18.2 Å². The normalized spacial score (nSPS) is 34.6. The smallest absolute Gasteiger partial charge is 0.241 e. The van der Waals surface area contributed by atoms with Crippen LogP contribution in [0, 0.1) is 17.8 Å². The van der Waals surface area contributed by atoms with E-state index < -0.39 is 15.6 Å². The van der Waals surface area contributed by atoms with E-state index in [1.165, 1.54) is 26.2 Å². The zero-order valence-electron chi connectivity index (χ0n) is 17.4. The predicted octanol–water partition coefficient (Wildman–Crippen LogP) is 3.46. The van der Waals surface area contributed by atoms with Gasteiger partial charge in [-0.05, 0) is 88.3 Å². The SMILES string of the molecule is CC(=O)N1CC(C)(C)Oc2ccc(S(=O)(=O)NC34CC5CC(CC(C5)C3)C4)cc21. The summed E-state index contributed by atoms with van der Waals surface area (Å²) in [6, 6.07) is 4.87. The Hall–Kier alpha value is -1.60. The van der Waals surface area contributed by atoms with Crippen molar-refractivity contribution >= 4 is 21.6 Å². The van der Waals surface area contributed by atoms with Gasteiger partial charge in [-0.15, -0.1) is 0 Å². The zero-order chi connectivity index (χ0) is 20.6. The van der Waals surface area contributed by atoms with Gasteiger partial charge in [0.1, 0.15) is 11.4 Å². The first kappa shape index (κ1) is 19.4. The fourth-order valence-electron chi connectivity index (χ4n) is 6.62. The summed E-state index contributed by atoms with van der Waals surface area (Å²) < 4.78 is 35.8. The lowest BCUT2D eigenvalue weighted by atomic mass is 9.53. The monoisotopic (exact) mass is 418 g/mol. The summed E-state index contributed by atoms with van der Waals surface area (Å²) in [5.74, 6) is 2.42. The van der Waals surface area contributed by atoms with Gasteiger partial charge in [0.2, 0.25) is 15.9 Å². The minimum atomic E-state index is -3.68. The van der Waals surface area contributed by atoms with Gasteiger partial charge in [0.05, 0.1) is 17.1 Å². The standard InChI is InChI=1S/C22H30N2O4S/c1-14(25)24-13-21(2,3)28-20-5-4-18(9-19(20)24)29(26,27)23-22-10-15-6-16(11-22)8-17(7-15)12-22/h4-5,9,15-17,23H,6-8,10-13H2,1-3H3. The number of benzene rings is 1. The second kappa shape index (κ2) is 6.20. The molecular formula is C22H30N2O4S. The van der Waals surface area contributed by atoms with Crippen molar-refractivity contribution in [3.8, 4) is 5.75 Å². The summed E-state index contributed by atoms with van der Waals surface area (Å²) in [4.78, 5) is 14.0. The van der Waals surface area contributed by atoms with Crippen molar-refractivity contribution in [2.75, 3.05) is 11.4 Å². The van der Waals surface area contributed by atoms with Gasteiger partial charge in [0, 0.05) is 12.5 Å². The number of ether oxygens (including phenoxy) is 1. The number of amides is 1.